The summed E-state index contributed by atoms with van der Waals surface area (Å²) in [5.74, 6) is 0.817. The van der Waals surface area contributed by atoms with Crippen LogP contribution in [-0.2, 0) is 0 Å². The van der Waals surface area contributed by atoms with Crippen molar-refractivity contribution in [1.82, 2.24) is 10.2 Å². The molecule has 1 aliphatic rings. The number of para-hydroxylation sites is 1. The molecule has 1 aromatic heterocycles. The second-order valence-corrected chi connectivity index (χ2v) is 4.73. The van der Waals surface area contributed by atoms with E-state index < -0.39 is 0 Å². The average Bonchev–Trinajstić information content (AvgIpc) is 2.86. The molecule has 0 saturated heterocycles. The number of hydrogen-bond acceptors (Lipinski definition) is 5. The summed E-state index contributed by atoms with van der Waals surface area (Å²) >= 11 is 0. The molecule has 6 nitrogen and oxygen atoms in total. The first kappa shape index (κ1) is 13.1. The Labute approximate surface area is 121 Å². The Hall–Kier alpha value is -2.94. The number of rotatable bonds is 2. The third kappa shape index (κ3) is 1.91. The largest absolute Gasteiger partial charge is 0.496 e. The summed E-state index contributed by atoms with van der Waals surface area (Å²) in [6.45, 7) is 1.88. The van der Waals surface area contributed by atoms with Crippen LogP contribution in [-0.4, -0.2) is 17.3 Å². The third-order valence-corrected chi connectivity index (χ3v) is 3.58. The molecule has 0 spiro atoms. The van der Waals surface area contributed by atoms with Crippen LogP contribution >= 0.6 is 0 Å². The number of nitrogens with one attached hydrogen (secondary N) is 1. The van der Waals surface area contributed by atoms with Gasteiger partial charge in [-0.05, 0) is 13.0 Å². The number of H-pyrrole nitrogens is 1. The molecule has 21 heavy (non-hydrogen) atoms. The van der Waals surface area contributed by atoms with Crippen LogP contribution in [0.15, 0.2) is 35.7 Å². The van der Waals surface area contributed by atoms with Crippen molar-refractivity contribution >= 4 is 0 Å². The van der Waals surface area contributed by atoms with Gasteiger partial charge in [0.05, 0.1) is 13.0 Å². The van der Waals surface area contributed by atoms with Crippen LogP contribution in [0.25, 0.3) is 0 Å². The number of ether oxygens (including phenoxy) is 2. The highest BCUT2D eigenvalue weighted by molar-refractivity contribution is 5.57. The Balaban J connectivity index is 2.28. The van der Waals surface area contributed by atoms with Crippen LogP contribution < -0.4 is 15.2 Å². The van der Waals surface area contributed by atoms with Gasteiger partial charge in [-0.2, -0.15) is 5.26 Å². The zero-order chi connectivity index (χ0) is 15.0. The number of aryl methyl sites for hydroxylation is 1. The van der Waals surface area contributed by atoms with Crippen molar-refractivity contribution in [2.75, 3.05) is 7.11 Å². The van der Waals surface area contributed by atoms with Crippen molar-refractivity contribution in [3.63, 3.8) is 0 Å². The van der Waals surface area contributed by atoms with Crippen molar-refractivity contribution in [3.05, 3.63) is 52.5 Å². The summed E-state index contributed by atoms with van der Waals surface area (Å²) in [4.78, 5) is 0. The Morgan fingerprint density at radius 3 is 2.90 bits per heavy atom. The topological polar surface area (TPSA) is 96.9 Å². The first-order valence-electron chi connectivity index (χ1n) is 6.42. The van der Waals surface area contributed by atoms with Gasteiger partial charge in [0, 0.05) is 16.8 Å². The summed E-state index contributed by atoms with van der Waals surface area (Å²) in [5, 5.41) is 16.4. The molecular formula is C15H14N4O2. The Morgan fingerprint density at radius 1 is 1.43 bits per heavy atom. The van der Waals surface area contributed by atoms with Crippen molar-refractivity contribution < 1.29 is 9.47 Å². The molecule has 0 saturated carbocycles. The molecule has 0 bridgehead atoms. The number of allylic oxidation sites excluding steroid dienone is 1. The smallest absolute Gasteiger partial charge is 0.244 e. The fourth-order valence-corrected chi connectivity index (χ4v) is 2.61. The molecule has 106 valence electrons. The maximum absolute atomic E-state index is 9.47. The number of aromatic nitrogens is 2. The lowest BCUT2D eigenvalue weighted by Crippen LogP contribution is -2.21. The van der Waals surface area contributed by atoms with Gasteiger partial charge >= 0.3 is 0 Å². The molecule has 0 fully saturated rings. The highest BCUT2D eigenvalue weighted by Gasteiger charge is 2.35. The average molecular weight is 282 g/mol. The highest BCUT2D eigenvalue weighted by Crippen LogP contribution is 2.45. The van der Waals surface area contributed by atoms with E-state index in [2.05, 4.69) is 16.3 Å². The van der Waals surface area contributed by atoms with E-state index in [0.717, 1.165) is 16.8 Å². The molecule has 0 amide bonds. The summed E-state index contributed by atoms with van der Waals surface area (Å²) in [7, 11) is 1.60. The molecular weight excluding hydrogens is 268 g/mol. The summed E-state index contributed by atoms with van der Waals surface area (Å²) in [6, 6.07) is 9.68. The SMILES string of the molecule is COc1ccccc1C1C(C#N)=C(N)Oc2n[nH]c(C)c21. The molecule has 6 heteroatoms. The second kappa shape index (κ2) is 4.87. The van der Waals surface area contributed by atoms with E-state index in [4.69, 9.17) is 15.2 Å². The van der Waals surface area contributed by atoms with E-state index in [1.165, 1.54) is 0 Å². The van der Waals surface area contributed by atoms with E-state index in [1.54, 1.807) is 7.11 Å². The van der Waals surface area contributed by atoms with Gasteiger partial charge in [0.25, 0.3) is 0 Å². The van der Waals surface area contributed by atoms with E-state index in [-0.39, 0.29) is 11.8 Å². The summed E-state index contributed by atoms with van der Waals surface area (Å²) < 4.78 is 10.8. The zero-order valence-electron chi connectivity index (χ0n) is 11.7. The van der Waals surface area contributed by atoms with Crippen LogP contribution in [0.1, 0.15) is 22.7 Å². The van der Waals surface area contributed by atoms with Crippen molar-refractivity contribution in [2.45, 2.75) is 12.8 Å². The van der Waals surface area contributed by atoms with Gasteiger partial charge in [-0.1, -0.05) is 18.2 Å². The van der Waals surface area contributed by atoms with E-state index in [9.17, 15) is 5.26 Å². The standard InChI is InChI=1S/C15H14N4O2/c1-8-12-13(9-5-3-4-6-11(9)20-2)10(7-16)14(17)21-15(12)19-18-8/h3-6,13H,17H2,1-2H3,(H,18,19). The highest BCUT2D eigenvalue weighted by atomic mass is 16.5. The van der Waals surface area contributed by atoms with Crippen LogP contribution in [0.4, 0.5) is 0 Å². The van der Waals surface area contributed by atoms with Gasteiger partial charge in [0.2, 0.25) is 11.8 Å². The lowest BCUT2D eigenvalue weighted by atomic mass is 9.84. The Kier molecular flexibility index (Phi) is 3.03. The van der Waals surface area contributed by atoms with Gasteiger partial charge in [0.1, 0.15) is 17.4 Å². The lowest BCUT2D eigenvalue weighted by molar-refractivity contribution is 0.375. The second-order valence-electron chi connectivity index (χ2n) is 4.73. The number of nitrogens with zero attached hydrogens (tertiary/aromatic N) is 2. The van der Waals surface area contributed by atoms with E-state index in [0.29, 0.717) is 17.2 Å². The number of benzene rings is 1. The maximum atomic E-state index is 9.47. The number of hydrogen-bond donors (Lipinski definition) is 2. The Bertz CT molecular complexity index is 770. The molecule has 1 atom stereocenters. The lowest BCUT2D eigenvalue weighted by Gasteiger charge is -2.24. The quantitative estimate of drug-likeness (QED) is 0.877. The van der Waals surface area contributed by atoms with Crippen LogP contribution in [0.3, 0.4) is 0 Å². The summed E-state index contributed by atoms with van der Waals surface area (Å²) in [6.07, 6.45) is 0. The molecule has 3 rings (SSSR count). The fraction of sp³-hybridized carbons (Fsp3) is 0.200. The third-order valence-electron chi connectivity index (χ3n) is 3.58. The molecule has 2 aromatic rings. The molecule has 1 aromatic carbocycles. The number of nitriles is 1. The minimum Gasteiger partial charge on any atom is -0.496 e. The molecule has 0 radical (unpaired) electrons. The number of aromatic amines is 1. The van der Waals surface area contributed by atoms with Gasteiger partial charge in [-0.25, -0.2) is 0 Å². The maximum Gasteiger partial charge on any atom is 0.244 e. The predicted molar refractivity (Wildman–Crippen MR) is 75.6 cm³/mol. The van der Waals surface area contributed by atoms with Crippen molar-refractivity contribution in [2.24, 2.45) is 5.73 Å². The monoisotopic (exact) mass is 282 g/mol. The molecule has 1 unspecified atom stereocenters. The summed E-state index contributed by atoms with van der Waals surface area (Å²) in [5.41, 5.74) is 8.73. The first-order valence-corrected chi connectivity index (χ1v) is 6.42. The van der Waals surface area contributed by atoms with Crippen LogP contribution in [0.5, 0.6) is 11.6 Å². The minimum atomic E-state index is -0.353. The number of nitrogens with two attached hydrogens (primary N) is 1. The molecule has 2 heterocycles. The fourth-order valence-electron chi connectivity index (χ4n) is 2.61. The predicted octanol–water partition coefficient (Wildman–Crippen LogP) is 1.94. The van der Waals surface area contributed by atoms with Crippen molar-refractivity contribution in [1.29, 1.82) is 5.26 Å². The van der Waals surface area contributed by atoms with Crippen LogP contribution in [0.2, 0.25) is 0 Å². The number of fused-ring (bicyclic) bond motifs is 1. The molecule has 1 aliphatic heterocycles. The van der Waals surface area contributed by atoms with E-state index in [1.807, 2.05) is 31.2 Å². The molecule has 3 N–H and O–H groups in total. The van der Waals surface area contributed by atoms with E-state index >= 15 is 0 Å². The van der Waals surface area contributed by atoms with Gasteiger partial charge < -0.3 is 15.2 Å². The van der Waals surface area contributed by atoms with Crippen molar-refractivity contribution in [3.8, 4) is 17.7 Å². The van der Waals surface area contributed by atoms with Gasteiger partial charge in [-0.15, -0.1) is 5.10 Å². The Morgan fingerprint density at radius 2 is 2.19 bits per heavy atom. The number of methoxy groups -OCH3 is 1. The van der Waals surface area contributed by atoms with Gasteiger partial charge in [-0.3, -0.25) is 5.10 Å². The van der Waals surface area contributed by atoms with Crippen LogP contribution in [0, 0.1) is 18.3 Å². The molecule has 0 aliphatic carbocycles. The van der Waals surface area contributed by atoms with Gasteiger partial charge in [0.15, 0.2) is 0 Å². The zero-order valence-corrected chi connectivity index (χ0v) is 11.7. The normalized spacial score (nSPS) is 16.9. The minimum absolute atomic E-state index is 0.0763. The first-order chi connectivity index (χ1) is 10.2.